The summed E-state index contributed by atoms with van der Waals surface area (Å²) in [4.78, 5) is 14.6. The SMILES string of the molecule is CC(C)[Si](c1[nH]ccc1C=O)(C(C)C)C(C)C. The van der Waals surface area contributed by atoms with Gasteiger partial charge in [-0.2, -0.15) is 0 Å². The van der Waals surface area contributed by atoms with Gasteiger partial charge in [0, 0.05) is 17.1 Å². The van der Waals surface area contributed by atoms with Gasteiger partial charge in [0.2, 0.25) is 0 Å². The zero-order chi connectivity index (χ0) is 13.2. The molecule has 1 aromatic heterocycles. The molecule has 0 saturated heterocycles. The minimum absolute atomic E-state index is 0.625. The molecule has 0 unspecified atom stereocenters. The van der Waals surface area contributed by atoms with Gasteiger partial charge in [-0.1, -0.05) is 41.5 Å². The van der Waals surface area contributed by atoms with E-state index in [1.807, 2.05) is 12.3 Å². The van der Waals surface area contributed by atoms with Crippen LogP contribution in [0.1, 0.15) is 51.9 Å². The van der Waals surface area contributed by atoms with Gasteiger partial charge in [-0.05, 0) is 22.7 Å². The lowest BCUT2D eigenvalue weighted by Gasteiger charge is -2.42. The van der Waals surface area contributed by atoms with Crippen LogP contribution in [0.3, 0.4) is 0 Å². The van der Waals surface area contributed by atoms with Crippen molar-refractivity contribution in [1.82, 2.24) is 4.98 Å². The largest absolute Gasteiger partial charge is 0.368 e. The fraction of sp³-hybridized carbons (Fsp3) is 0.643. The van der Waals surface area contributed by atoms with E-state index in [-0.39, 0.29) is 0 Å². The monoisotopic (exact) mass is 251 g/mol. The van der Waals surface area contributed by atoms with Crippen molar-refractivity contribution >= 4 is 19.7 Å². The van der Waals surface area contributed by atoms with Crippen molar-refractivity contribution in [2.24, 2.45) is 0 Å². The molecule has 0 radical (unpaired) electrons. The van der Waals surface area contributed by atoms with E-state index in [1.165, 1.54) is 5.32 Å². The van der Waals surface area contributed by atoms with Gasteiger partial charge in [0.15, 0.2) is 6.29 Å². The molecule has 0 aromatic carbocycles. The van der Waals surface area contributed by atoms with Gasteiger partial charge >= 0.3 is 0 Å². The molecule has 0 saturated carbocycles. The first-order valence-corrected chi connectivity index (χ1v) is 8.75. The van der Waals surface area contributed by atoms with Crippen molar-refractivity contribution in [3.8, 4) is 0 Å². The van der Waals surface area contributed by atoms with E-state index in [4.69, 9.17) is 0 Å². The van der Waals surface area contributed by atoms with E-state index in [2.05, 4.69) is 46.5 Å². The summed E-state index contributed by atoms with van der Waals surface area (Å²) in [5.74, 6) is 0. The molecule has 2 nitrogen and oxygen atoms in total. The van der Waals surface area contributed by atoms with E-state index in [0.717, 1.165) is 11.8 Å². The van der Waals surface area contributed by atoms with Crippen LogP contribution in [0.5, 0.6) is 0 Å². The zero-order valence-corrected chi connectivity index (χ0v) is 12.9. The van der Waals surface area contributed by atoms with E-state index in [1.54, 1.807) is 0 Å². The molecule has 0 amide bonds. The summed E-state index contributed by atoms with van der Waals surface area (Å²) in [5, 5.41) is 1.24. The third-order valence-corrected chi connectivity index (χ3v) is 11.2. The van der Waals surface area contributed by atoms with Gasteiger partial charge in [-0.15, -0.1) is 0 Å². The smallest absolute Gasteiger partial charge is 0.151 e. The van der Waals surface area contributed by atoms with Crippen molar-refractivity contribution in [3.63, 3.8) is 0 Å². The minimum Gasteiger partial charge on any atom is -0.368 e. The molecule has 0 bridgehead atoms. The first kappa shape index (κ1) is 14.2. The summed E-state index contributed by atoms with van der Waals surface area (Å²) in [6.07, 6.45) is 2.91. The molecule has 1 N–H and O–H groups in total. The predicted molar refractivity (Wildman–Crippen MR) is 76.9 cm³/mol. The highest BCUT2D eigenvalue weighted by molar-refractivity contribution is 6.95. The Kier molecular flexibility index (Phi) is 4.36. The van der Waals surface area contributed by atoms with Crippen LogP contribution in [0.2, 0.25) is 16.6 Å². The summed E-state index contributed by atoms with van der Waals surface area (Å²) in [6.45, 7) is 13.8. The van der Waals surface area contributed by atoms with Crippen LogP contribution >= 0.6 is 0 Å². The van der Waals surface area contributed by atoms with Gasteiger partial charge in [0.1, 0.15) is 8.07 Å². The average molecular weight is 251 g/mol. The number of nitrogens with one attached hydrogen (secondary N) is 1. The van der Waals surface area contributed by atoms with E-state index >= 15 is 0 Å². The summed E-state index contributed by atoms with van der Waals surface area (Å²) in [5.41, 5.74) is 2.74. The first-order valence-electron chi connectivity index (χ1n) is 6.52. The molecule has 0 aliphatic rings. The van der Waals surface area contributed by atoms with Crippen molar-refractivity contribution < 1.29 is 4.79 Å². The highest BCUT2D eigenvalue weighted by Crippen LogP contribution is 2.41. The van der Waals surface area contributed by atoms with E-state index < -0.39 is 8.07 Å². The van der Waals surface area contributed by atoms with Gasteiger partial charge in [-0.3, -0.25) is 4.79 Å². The Hall–Kier alpha value is -0.833. The summed E-state index contributed by atoms with van der Waals surface area (Å²) < 4.78 is 0. The number of carbonyl (C=O) groups is 1. The van der Waals surface area contributed by atoms with E-state index in [9.17, 15) is 4.79 Å². The molecule has 0 fully saturated rings. The average Bonchev–Trinajstić information content (AvgIpc) is 2.65. The van der Waals surface area contributed by atoms with Crippen molar-refractivity contribution in [3.05, 3.63) is 17.8 Å². The second-order valence-electron chi connectivity index (χ2n) is 5.82. The molecule has 0 atom stereocenters. The van der Waals surface area contributed by atoms with Crippen LogP contribution < -0.4 is 5.32 Å². The number of aromatic amines is 1. The second-order valence-corrected chi connectivity index (χ2v) is 11.7. The molecule has 1 aromatic rings. The third-order valence-electron chi connectivity index (χ3n) is 4.21. The maximum atomic E-state index is 11.2. The van der Waals surface area contributed by atoms with Crippen LogP contribution in [0.25, 0.3) is 0 Å². The Bertz CT molecular complexity index is 358. The molecule has 96 valence electrons. The quantitative estimate of drug-likeness (QED) is 0.628. The molecule has 1 rings (SSSR count). The lowest BCUT2D eigenvalue weighted by atomic mass is 10.4. The Labute approximate surface area is 106 Å². The Morgan fingerprint density at radius 3 is 1.88 bits per heavy atom. The fourth-order valence-corrected chi connectivity index (χ4v) is 10.4. The highest BCUT2D eigenvalue weighted by atomic mass is 28.3. The topological polar surface area (TPSA) is 32.9 Å². The molecular weight excluding hydrogens is 226 g/mol. The molecule has 0 spiro atoms. The van der Waals surface area contributed by atoms with Crippen molar-refractivity contribution in [1.29, 1.82) is 0 Å². The number of hydrogen-bond donors (Lipinski definition) is 1. The number of hydrogen-bond acceptors (Lipinski definition) is 1. The predicted octanol–water partition coefficient (Wildman–Crippen LogP) is 3.71. The molecule has 1 heterocycles. The third kappa shape index (κ3) is 2.13. The standard InChI is InChI=1S/C14H25NOSi/c1-10(2)17(11(3)4,12(5)6)14-13(9-16)7-8-15-14/h7-12,15H,1-6H3. The van der Waals surface area contributed by atoms with Crippen LogP contribution in [-0.4, -0.2) is 19.3 Å². The fourth-order valence-electron chi connectivity index (χ4n) is 3.72. The number of aromatic nitrogens is 1. The highest BCUT2D eigenvalue weighted by Gasteiger charge is 2.46. The van der Waals surface area contributed by atoms with Gasteiger partial charge in [0.25, 0.3) is 0 Å². The molecule has 0 aliphatic heterocycles. The second kappa shape index (κ2) is 5.21. The summed E-state index contributed by atoms with van der Waals surface area (Å²) in [7, 11) is -1.70. The van der Waals surface area contributed by atoms with Crippen LogP contribution in [0.15, 0.2) is 12.3 Å². The van der Waals surface area contributed by atoms with Gasteiger partial charge in [0.05, 0.1) is 0 Å². The number of H-pyrrole nitrogens is 1. The maximum Gasteiger partial charge on any atom is 0.151 e. The summed E-state index contributed by atoms with van der Waals surface area (Å²) >= 11 is 0. The lowest BCUT2D eigenvalue weighted by Crippen LogP contribution is -2.57. The van der Waals surface area contributed by atoms with Gasteiger partial charge < -0.3 is 4.98 Å². The maximum absolute atomic E-state index is 11.2. The first-order chi connectivity index (χ1) is 7.88. The Morgan fingerprint density at radius 2 is 1.53 bits per heavy atom. The molecular formula is C14H25NOSi. The molecule has 3 heteroatoms. The minimum atomic E-state index is -1.70. The number of carbonyl (C=O) groups excluding carboxylic acids is 1. The van der Waals surface area contributed by atoms with Crippen LogP contribution in [-0.2, 0) is 0 Å². The zero-order valence-electron chi connectivity index (χ0n) is 11.9. The van der Waals surface area contributed by atoms with Crippen molar-refractivity contribution in [2.45, 2.75) is 58.2 Å². The van der Waals surface area contributed by atoms with Gasteiger partial charge in [-0.25, -0.2) is 0 Å². The van der Waals surface area contributed by atoms with E-state index in [0.29, 0.717) is 16.6 Å². The number of aldehydes is 1. The van der Waals surface area contributed by atoms with Crippen molar-refractivity contribution in [2.75, 3.05) is 0 Å². The van der Waals surface area contributed by atoms with Crippen LogP contribution in [0, 0.1) is 0 Å². The number of rotatable bonds is 5. The summed E-state index contributed by atoms with van der Waals surface area (Å²) in [6, 6.07) is 1.91. The Balaban J connectivity index is 3.47. The Morgan fingerprint density at radius 1 is 1.06 bits per heavy atom. The molecule has 17 heavy (non-hydrogen) atoms. The lowest BCUT2D eigenvalue weighted by molar-refractivity contribution is 0.112. The normalized spacial score (nSPS) is 12.8. The molecule has 0 aliphatic carbocycles. The van der Waals surface area contributed by atoms with Crippen LogP contribution in [0.4, 0.5) is 0 Å².